The van der Waals surface area contributed by atoms with E-state index in [0.29, 0.717) is 22.6 Å². The van der Waals surface area contributed by atoms with Crippen LogP contribution in [-0.2, 0) is 16.1 Å². The van der Waals surface area contributed by atoms with Gasteiger partial charge in [-0.25, -0.2) is 9.48 Å². The van der Waals surface area contributed by atoms with Crippen molar-refractivity contribution in [2.45, 2.75) is 26.4 Å². The van der Waals surface area contributed by atoms with Gasteiger partial charge in [0.05, 0.1) is 17.1 Å². The summed E-state index contributed by atoms with van der Waals surface area (Å²) in [5.74, 6) is -0.984. The molecule has 1 heterocycles. The van der Waals surface area contributed by atoms with Gasteiger partial charge in [-0.15, -0.1) is 5.10 Å². The lowest BCUT2D eigenvalue weighted by molar-refractivity contribution is -0.124. The molecule has 0 saturated heterocycles. The number of benzene rings is 2. The summed E-state index contributed by atoms with van der Waals surface area (Å²) in [7, 11) is 0. The maximum Gasteiger partial charge on any atom is 0.338 e. The first-order chi connectivity index (χ1) is 13.0. The standard InChI is InChI=1S/C19H19ClN4O3/c1-3-24-17-8-7-14(10-16(17)22-23-24)19(26)27-11-18(25)21-12(2)13-5-4-6-15(20)9-13/h4-10,12H,3,11H2,1-2H3,(H,21,25)/t12-/m0/s1. The largest absolute Gasteiger partial charge is 0.452 e. The number of carbonyl (C=O) groups is 2. The fourth-order valence-electron chi connectivity index (χ4n) is 2.69. The number of aromatic nitrogens is 3. The van der Waals surface area contributed by atoms with Crippen LogP contribution in [-0.4, -0.2) is 33.5 Å². The van der Waals surface area contributed by atoms with Gasteiger partial charge < -0.3 is 10.1 Å². The number of hydrogen-bond donors (Lipinski definition) is 1. The molecule has 0 spiro atoms. The van der Waals surface area contributed by atoms with Crippen molar-refractivity contribution in [1.82, 2.24) is 20.3 Å². The number of carbonyl (C=O) groups excluding carboxylic acids is 2. The first kappa shape index (κ1) is 18.8. The van der Waals surface area contributed by atoms with Crippen molar-refractivity contribution >= 4 is 34.5 Å². The smallest absolute Gasteiger partial charge is 0.338 e. The minimum atomic E-state index is -0.589. The Balaban J connectivity index is 1.57. The van der Waals surface area contributed by atoms with E-state index >= 15 is 0 Å². The molecule has 7 nitrogen and oxygen atoms in total. The third kappa shape index (κ3) is 4.43. The van der Waals surface area contributed by atoms with Gasteiger partial charge in [0.2, 0.25) is 0 Å². The molecule has 8 heteroatoms. The SMILES string of the molecule is CCn1nnc2cc(C(=O)OCC(=O)N[C@@H](C)c3cccc(Cl)c3)ccc21. The second-order valence-corrected chi connectivity index (χ2v) is 6.47. The van der Waals surface area contributed by atoms with E-state index in [1.54, 1.807) is 35.0 Å². The normalized spacial score (nSPS) is 12.0. The van der Waals surface area contributed by atoms with Crippen molar-refractivity contribution in [1.29, 1.82) is 0 Å². The molecule has 0 unspecified atom stereocenters. The maximum absolute atomic E-state index is 12.2. The molecule has 0 saturated carbocycles. The van der Waals surface area contributed by atoms with Gasteiger partial charge in [-0.05, 0) is 49.7 Å². The first-order valence-electron chi connectivity index (χ1n) is 8.53. The molecule has 3 aromatic rings. The number of nitrogens with zero attached hydrogens (tertiary/aromatic N) is 3. The highest BCUT2D eigenvalue weighted by molar-refractivity contribution is 6.30. The van der Waals surface area contributed by atoms with Gasteiger partial charge in [-0.1, -0.05) is 28.9 Å². The third-order valence-electron chi connectivity index (χ3n) is 4.11. The van der Waals surface area contributed by atoms with Crippen LogP contribution in [0, 0.1) is 0 Å². The van der Waals surface area contributed by atoms with Crippen LogP contribution in [0.15, 0.2) is 42.5 Å². The van der Waals surface area contributed by atoms with E-state index in [-0.39, 0.29) is 12.6 Å². The minimum absolute atomic E-state index is 0.254. The number of halogens is 1. The summed E-state index contributed by atoms with van der Waals surface area (Å²) < 4.78 is 6.83. The zero-order valence-electron chi connectivity index (χ0n) is 15.0. The van der Waals surface area contributed by atoms with Crippen LogP contribution < -0.4 is 5.32 Å². The van der Waals surface area contributed by atoms with E-state index in [2.05, 4.69) is 15.6 Å². The Morgan fingerprint density at radius 3 is 2.81 bits per heavy atom. The Hall–Kier alpha value is -2.93. The molecule has 0 aliphatic heterocycles. The second kappa shape index (κ2) is 8.18. The van der Waals surface area contributed by atoms with Gasteiger partial charge in [0.1, 0.15) is 5.52 Å². The van der Waals surface area contributed by atoms with E-state index in [4.69, 9.17) is 16.3 Å². The highest BCUT2D eigenvalue weighted by Gasteiger charge is 2.15. The van der Waals surface area contributed by atoms with Crippen molar-refractivity contribution < 1.29 is 14.3 Å². The number of esters is 1. The zero-order chi connectivity index (χ0) is 19.4. The van der Waals surface area contributed by atoms with E-state index in [1.165, 1.54) is 0 Å². The Morgan fingerprint density at radius 2 is 2.07 bits per heavy atom. The van der Waals surface area contributed by atoms with Crippen molar-refractivity contribution in [3.8, 4) is 0 Å². The van der Waals surface area contributed by atoms with Crippen LogP contribution in [0.3, 0.4) is 0 Å². The number of aryl methyl sites for hydroxylation is 1. The predicted octanol–water partition coefficient (Wildman–Crippen LogP) is 3.14. The molecule has 2 aromatic carbocycles. The van der Waals surface area contributed by atoms with Gasteiger partial charge in [0.15, 0.2) is 6.61 Å². The fourth-order valence-corrected chi connectivity index (χ4v) is 2.89. The number of fused-ring (bicyclic) bond motifs is 1. The average Bonchev–Trinajstić information content (AvgIpc) is 3.08. The number of rotatable bonds is 6. The molecule has 0 aliphatic rings. The molecule has 1 amide bonds. The predicted molar refractivity (Wildman–Crippen MR) is 101 cm³/mol. The van der Waals surface area contributed by atoms with Crippen LogP contribution in [0.25, 0.3) is 11.0 Å². The molecule has 0 aliphatic carbocycles. The second-order valence-electron chi connectivity index (χ2n) is 6.03. The summed E-state index contributed by atoms with van der Waals surface area (Å²) in [6.45, 7) is 4.10. The van der Waals surface area contributed by atoms with Gasteiger partial charge >= 0.3 is 5.97 Å². The molecule has 1 aromatic heterocycles. The summed E-state index contributed by atoms with van der Waals surface area (Å²) in [6, 6.07) is 11.9. The third-order valence-corrected chi connectivity index (χ3v) is 4.34. The molecule has 0 bridgehead atoms. The minimum Gasteiger partial charge on any atom is -0.452 e. The molecule has 1 atom stereocenters. The van der Waals surface area contributed by atoms with E-state index in [1.807, 2.05) is 26.0 Å². The molecule has 3 rings (SSSR count). The number of amides is 1. The van der Waals surface area contributed by atoms with Crippen molar-refractivity contribution in [2.24, 2.45) is 0 Å². The fraction of sp³-hybridized carbons (Fsp3) is 0.263. The van der Waals surface area contributed by atoms with Gasteiger partial charge in [-0.2, -0.15) is 0 Å². The summed E-state index contributed by atoms with van der Waals surface area (Å²) >= 11 is 5.96. The molecular formula is C19H19ClN4O3. The topological polar surface area (TPSA) is 86.1 Å². The number of nitrogens with one attached hydrogen (secondary N) is 1. The molecule has 0 radical (unpaired) electrons. The average molecular weight is 387 g/mol. The van der Waals surface area contributed by atoms with Gasteiger partial charge in [-0.3, -0.25) is 4.79 Å². The van der Waals surface area contributed by atoms with Crippen molar-refractivity contribution in [2.75, 3.05) is 6.61 Å². The Bertz CT molecular complexity index is 986. The Morgan fingerprint density at radius 1 is 1.26 bits per heavy atom. The van der Waals surface area contributed by atoms with Gasteiger partial charge in [0.25, 0.3) is 5.91 Å². The monoisotopic (exact) mass is 386 g/mol. The van der Waals surface area contributed by atoms with Crippen molar-refractivity contribution in [3.05, 3.63) is 58.6 Å². The molecule has 0 fully saturated rings. The summed E-state index contributed by atoms with van der Waals surface area (Å²) in [5.41, 5.74) is 2.63. The van der Waals surface area contributed by atoms with E-state index in [9.17, 15) is 9.59 Å². The highest BCUT2D eigenvalue weighted by Crippen LogP contribution is 2.17. The summed E-state index contributed by atoms with van der Waals surface area (Å²) in [4.78, 5) is 24.2. The van der Waals surface area contributed by atoms with Gasteiger partial charge in [0, 0.05) is 11.6 Å². The molecular weight excluding hydrogens is 368 g/mol. The van der Waals surface area contributed by atoms with Crippen LogP contribution in [0.1, 0.15) is 35.8 Å². The number of hydrogen-bond acceptors (Lipinski definition) is 5. The zero-order valence-corrected chi connectivity index (χ0v) is 15.7. The number of ether oxygens (including phenoxy) is 1. The highest BCUT2D eigenvalue weighted by atomic mass is 35.5. The summed E-state index contributed by atoms with van der Waals surface area (Å²) in [5, 5.41) is 11.4. The van der Waals surface area contributed by atoms with Crippen LogP contribution >= 0.6 is 11.6 Å². The molecule has 1 N–H and O–H groups in total. The quantitative estimate of drug-likeness (QED) is 0.658. The van der Waals surface area contributed by atoms with Crippen LogP contribution in [0.4, 0.5) is 0 Å². The van der Waals surface area contributed by atoms with Crippen LogP contribution in [0.2, 0.25) is 5.02 Å². The molecule has 140 valence electrons. The summed E-state index contributed by atoms with van der Waals surface area (Å²) in [6.07, 6.45) is 0. The lowest BCUT2D eigenvalue weighted by Gasteiger charge is -2.14. The van der Waals surface area contributed by atoms with E-state index in [0.717, 1.165) is 11.1 Å². The maximum atomic E-state index is 12.2. The Labute approximate surface area is 161 Å². The lowest BCUT2D eigenvalue weighted by Crippen LogP contribution is -2.31. The van der Waals surface area contributed by atoms with E-state index < -0.39 is 11.9 Å². The Kier molecular flexibility index (Phi) is 5.71. The lowest BCUT2D eigenvalue weighted by atomic mass is 10.1. The first-order valence-corrected chi connectivity index (χ1v) is 8.91. The van der Waals surface area contributed by atoms with Crippen LogP contribution in [0.5, 0.6) is 0 Å². The molecule has 27 heavy (non-hydrogen) atoms. The van der Waals surface area contributed by atoms with Crippen molar-refractivity contribution in [3.63, 3.8) is 0 Å².